The van der Waals surface area contributed by atoms with Crippen molar-refractivity contribution in [2.24, 2.45) is 0 Å². The summed E-state index contributed by atoms with van der Waals surface area (Å²) in [6.45, 7) is 5.36. The van der Waals surface area contributed by atoms with Crippen molar-refractivity contribution < 1.29 is 24.4 Å². The maximum Gasteiger partial charge on any atom is 0.325 e. The van der Waals surface area contributed by atoms with Crippen LogP contribution in [0.4, 0.5) is 11.4 Å². The highest BCUT2D eigenvalue weighted by Crippen LogP contribution is 2.33. The molecule has 31 heavy (non-hydrogen) atoms. The number of aliphatic carboxylic acids is 1. The maximum absolute atomic E-state index is 12.5. The van der Waals surface area contributed by atoms with Gasteiger partial charge in [0.1, 0.15) is 18.0 Å². The number of rotatable bonds is 7. The standard InChI is InChI=1S/C21H20N4O6/c1-12-6-13(2)14(3)19(7-12)31-17-9-15(8-16(10-17)25(29)30)22-21(28)18-4-5-24(23-18)11-20(26)27/h4-10H,11H2,1-3H3,(H,22,28)(H,26,27). The Bertz CT molecular complexity index is 1180. The number of anilines is 1. The van der Waals surface area contributed by atoms with Crippen LogP contribution in [0.3, 0.4) is 0 Å². The van der Waals surface area contributed by atoms with Gasteiger partial charge in [-0.05, 0) is 49.6 Å². The van der Waals surface area contributed by atoms with Crippen LogP contribution in [0.25, 0.3) is 0 Å². The number of non-ortho nitro benzene ring substituents is 1. The lowest BCUT2D eigenvalue weighted by Gasteiger charge is -2.13. The Morgan fingerprint density at radius 2 is 1.94 bits per heavy atom. The van der Waals surface area contributed by atoms with Crippen molar-refractivity contribution in [3.05, 3.63) is 75.1 Å². The summed E-state index contributed by atoms with van der Waals surface area (Å²) in [6, 6.07) is 9.13. The highest BCUT2D eigenvalue weighted by molar-refractivity contribution is 6.03. The molecule has 0 radical (unpaired) electrons. The summed E-state index contributed by atoms with van der Waals surface area (Å²) in [5.41, 5.74) is 2.75. The number of carbonyl (C=O) groups is 2. The Morgan fingerprint density at radius 1 is 1.19 bits per heavy atom. The van der Waals surface area contributed by atoms with Gasteiger partial charge in [-0.1, -0.05) is 6.07 Å². The van der Waals surface area contributed by atoms with E-state index in [0.29, 0.717) is 5.75 Å². The second-order valence-electron chi connectivity index (χ2n) is 7.03. The molecule has 3 aromatic rings. The molecule has 0 aliphatic heterocycles. The number of ether oxygens (including phenoxy) is 1. The maximum atomic E-state index is 12.5. The number of carbonyl (C=O) groups excluding carboxylic acids is 1. The fourth-order valence-corrected chi connectivity index (χ4v) is 2.96. The molecule has 2 N–H and O–H groups in total. The lowest BCUT2D eigenvalue weighted by molar-refractivity contribution is -0.384. The Morgan fingerprint density at radius 3 is 2.61 bits per heavy atom. The van der Waals surface area contributed by atoms with Crippen LogP contribution in [0.2, 0.25) is 0 Å². The molecule has 0 aliphatic rings. The van der Waals surface area contributed by atoms with Gasteiger partial charge in [-0.25, -0.2) is 0 Å². The quantitative estimate of drug-likeness (QED) is 0.434. The van der Waals surface area contributed by atoms with E-state index in [1.165, 1.54) is 30.5 Å². The Labute approximate surface area is 177 Å². The fourth-order valence-electron chi connectivity index (χ4n) is 2.96. The molecule has 3 rings (SSSR count). The molecule has 0 atom stereocenters. The summed E-state index contributed by atoms with van der Waals surface area (Å²) in [6.07, 6.45) is 1.36. The molecule has 10 nitrogen and oxygen atoms in total. The highest BCUT2D eigenvalue weighted by Gasteiger charge is 2.16. The smallest absolute Gasteiger partial charge is 0.325 e. The molecular weight excluding hydrogens is 404 g/mol. The lowest BCUT2D eigenvalue weighted by atomic mass is 10.1. The minimum Gasteiger partial charge on any atom is -0.480 e. The van der Waals surface area contributed by atoms with E-state index >= 15 is 0 Å². The third-order valence-electron chi connectivity index (χ3n) is 4.52. The molecular formula is C21H20N4O6. The zero-order valence-electron chi connectivity index (χ0n) is 17.1. The first kappa shape index (κ1) is 21.5. The van der Waals surface area contributed by atoms with E-state index in [1.807, 2.05) is 32.9 Å². The van der Waals surface area contributed by atoms with E-state index in [1.54, 1.807) is 0 Å². The van der Waals surface area contributed by atoms with Crippen LogP contribution in [0.1, 0.15) is 27.2 Å². The van der Waals surface area contributed by atoms with Crippen molar-refractivity contribution in [1.82, 2.24) is 9.78 Å². The molecule has 0 fully saturated rings. The number of hydrogen-bond donors (Lipinski definition) is 2. The van der Waals surface area contributed by atoms with Crippen LogP contribution in [-0.4, -0.2) is 31.7 Å². The van der Waals surface area contributed by atoms with E-state index < -0.39 is 23.3 Å². The third-order valence-corrected chi connectivity index (χ3v) is 4.52. The van der Waals surface area contributed by atoms with Gasteiger partial charge in [-0.3, -0.25) is 24.4 Å². The van der Waals surface area contributed by atoms with Crippen LogP contribution < -0.4 is 10.1 Å². The van der Waals surface area contributed by atoms with E-state index in [0.717, 1.165) is 21.4 Å². The van der Waals surface area contributed by atoms with Gasteiger partial charge in [0.05, 0.1) is 16.7 Å². The number of hydrogen-bond acceptors (Lipinski definition) is 6. The van der Waals surface area contributed by atoms with Crippen molar-refractivity contribution in [3.63, 3.8) is 0 Å². The predicted octanol–water partition coefficient (Wildman–Crippen LogP) is 3.85. The summed E-state index contributed by atoms with van der Waals surface area (Å²) in [5, 5.41) is 26.6. The Kier molecular flexibility index (Phi) is 6.00. The zero-order chi connectivity index (χ0) is 22.7. The second kappa shape index (κ2) is 8.66. The number of benzene rings is 2. The van der Waals surface area contributed by atoms with Crippen LogP contribution in [0.5, 0.6) is 11.5 Å². The van der Waals surface area contributed by atoms with Crippen molar-refractivity contribution >= 4 is 23.3 Å². The third kappa shape index (κ3) is 5.24. The summed E-state index contributed by atoms with van der Waals surface area (Å²) in [4.78, 5) is 34.0. The molecule has 0 aliphatic carbocycles. The molecule has 0 saturated carbocycles. The van der Waals surface area contributed by atoms with Crippen molar-refractivity contribution in [2.75, 3.05) is 5.32 Å². The summed E-state index contributed by atoms with van der Waals surface area (Å²) < 4.78 is 7.00. The number of nitro benzene ring substituents is 1. The van der Waals surface area contributed by atoms with Gasteiger partial charge in [-0.2, -0.15) is 5.10 Å². The van der Waals surface area contributed by atoms with Crippen molar-refractivity contribution in [3.8, 4) is 11.5 Å². The van der Waals surface area contributed by atoms with Gasteiger partial charge in [-0.15, -0.1) is 0 Å². The first-order valence-corrected chi connectivity index (χ1v) is 9.24. The Hall–Kier alpha value is -4.21. The van der Waals surface area contributed by atoms with Crippen LogP contribution in [-0.2, 0) is 11.3 Å². The SMILES string of the molecule is Cc1cc(C)c(C)c(Oc2cc(NC(=O)c3ccn(CC(=O)O)n3)cc([N+](=O)[O-])c2)c1. The number of aryl methyl sites for hydroxylation is 2. The fraction of sp³-hybridized carbons (Fsp3) is 0.190. The molecule has 0 saturated heterocycles. The van der Waals surface area contributed by atoms with E-state index in [2.05, 4.69) is 10.4 Å². The number of aromatic nitrogens is 2. The average Bonchev–Trinajstić information content (AvgIpc) is 3.13. The van der Waals surface area contributed by atoms with Crippen LogP contribution in [0.15, 0.2) is 42.6 Å². The van der Waals surface area contributed by atoms with E-state index in [4.69, 9.17) is 9.84 Å². The molecule has 1 amide bonds. The van der Waals surface area contributed by atoms with Gasteiger partial charge < -0.3 is 15.2 Å². The van der Waals surface area contributed by atoms with Crippen LogP contribution in [0, 0.1) is 30.9 Å². The molecule has 0 spiro atoms. The minimum atomic E-state index is -1.10. The molecule has 160 valence electrons. The monoisotopic (exact) mass is 424 g/mol. The first-order chi connectivity index (χ1) is 14.6. The highest BCUT2D eigenvalue weighted by atomic mass is 16.6. The van der Waals surface area contributed by atoms with Gasteiger partial charge in [0, 0.05) is 18.3 Å². The van der Waals surface area contributed by atoms with Crippen molar-refractivity contribution in [2.45, 2.75) is 27.3 Å². The molecule has 0 unspecified atom stereocenters. The average molecular weight is 424 g/mol. The number of carboxylic acid groups (broad SMARTS) is 1. The normalized spacial score (nSPS) is 10.5. The number of amides is 1. The van der Waals surface area contributed by atoms with E-state index in [-0.39, 0.29) is 22.8 Å². The second-order valence-corrected chi connectivity index (χ2v) is 7.03. The number of nitro groups is 1. The summed E-state index contributed by atoms with van der Waals surface area (Å²) >= 11 is 0. The van der Waals surface area contributed by atoms with Gasteiger partial charge in [0.2, 0.25) is 0 Å². The number of nitrogens with zero attached hydrogens (tertiary/aromatic N) is 3. The topological polar surface area (TPSA) is 137 Å². The predicted molar refractivity (Wildman–Crippen MR) is 112 cm³/mol. The molecule has 0 bridgehead atoms. The lowest BCUT2D eigenvalue weighted by Crippen LogP contribution is -2.15. The van der Waals surface area contributed by atoms with Gasteiger partial charge >= 0.3 is 5.97 Å². The largest absolute Gasteiger partial charge is 0.480 e. The minimum absolute atomic E-state index is 0.0274. The first-order valence-electron chi connectivity index (χ1n) is 9.24. The summed E-state index contributed by atoms with van der Waals surface area (Å²) in [5.74, 6) is -0.993. The molecule has 10 heteroatoms. The summed E-state index contributed by atoms with van der Waals surface area (Å²) in [7, 11) is 0. The number of carboxylic acids is 1. The Balaban J connectivity index is 1.88. The molecule has 2 aromatic carbocycles. The van der Waals surface area contributed by atoms with Crippen molar-refractivity contribution in [1.29, 1.82) is 0 Å². The van der Waals surface area contributed by atoms with Crippen LogP contribution >= 0.6 is 0 Å². The van der Waals surface area contributed by atoms with Gasteiger partial charge in [0.25, 0.3) is 11.6 Å². The number of nitrogens with one attached hydrogen (secondary N) is 1. The van der Waals surface area contributed by atoms with E-state index in [9.17, 15) is 19.7 Å². The molecule has 1 aromatic heterocycles. The molecule has 1 heterocycles. The zero-order valence-corrected chi connectivity index (χ0v) is 17.1. The van der Waals surface area contributed by atoms with Gasteiger partial charge in [0.15, 0.2) is 5.69 Å².